The Labute approximate surface area is 103 Å². The molecule has 0 saturated heterocycles. The van der Waals surface area contributed by atoms with Gasteiger partial charge in [0.2, 0.25) is 0 Å². The van der Waals surface area contributed by atoms with Crippen LogP contribution >= 0.6 is 0 Å². The van der Waals surface area contributed by atoms with Crippen molar-refractivity contribution in [2.24, 2.45) is 17.8 Å². The number of hydrogen-bond acceptors (Lipinski definition) is 3. The van der Waals surface area contributed by atoms with Crippen LogP contribution in [-0.4, -0.2) is 15.0 Å². The quantitative estimate of drug-likeness (QED) is 0.869. The summed E-state index contributed by atoms with van der Waals surface area (Å²) in [6.07, 6.45) is 7.85. The topological polar surface area (TPSA) is 56.7 Å². The van der Waals surface area contributed by atoms with Gasteiger partial charge in [0, 0.05) is 6.54 Å². The zero-order valence-electron chi connectivity index (χ0n) is 10.6. The second kappa shape index (κ2) is 4.31. The first-order valence-electron chi connectivity index (χ1n) is 6.95. The van der Waals surface area contributed by atoms with E-state index in [1.54, 1.807) is 0 Å². The Kier molecular flexibility index (Phi) is 2.81. The van der Waals surface area contributed by atoms with E-state index in [1.165, 1.54) is 25.7 Å². The second-order valence-electron chi connectivity index (χ2n) is 5.79. The van der Waals surface area contributed by atoms with E-state index in [1.807, 2.05) is 0 Å². The van der Waals surface area contributed by atoms with E-state index >= 15 is 0 Å². The van der Waals surface area contributed by atoms with Gasteiger partial charge >= 0.3 is 0 Å². The van der Waals surface area contributed by atoms with Crippen molar-refractivity contribution >= 4 is 5.82 Å². The molecule has 0 amide bonds. The summed E-state index contributed by atoms with van der Waals surface area (Å²) in [6.45, 7) is 3.22. The average Bonchev–Trinajstić information content (AvgIpc) is 3.00. The number of nitrogens with zero attached hydrogens (tertiary/aromatic N) is 3. The number of anilines is 1. The van der Waals surface area contributed by atoms with Gasteiger partial charge in [-0.2, -0.15) is 0 Å². The predicted octanol–water partition coefficient (Wildman–Crippen LogP) is 2.25. The van der Waals surface area contributed by atoms with Gasteiger partial charge in [-0.3, -0.25) is 0 Å². The molecule has 2 aliphatic carbocycles. The molecule has 0 spiro atoms. The minimum absolute atomic E-state index is 0.634. The summed E-state index contributed by atoms with van der Waals surface area (Å²) in [4.78, 5) is 0. The van der Waals surface area contributed by atoms with E-state index in [-0.39, 0.29) is 0 Å². The van der Waals surface area contributed by atoms with Gasteiger partial charge in [0.05, 0.1) is 5.69 Å². The van der Waals surface area contributed by atoms with Crippen LogP contribution in [0.15, 0.2) is 0 Å². The van der Waals surface area contributed by atoms with Gasteiger partial charge in [0.15, 0.2) is 5.82 Å². The number of fused-ring (bicyclic) bond motifs is 2. The zero-order chi connectivity index (χ0) is 11.8. The van der Waals surface area contributed by atoms with Gasteiger partial charge in [-0.05, 0) is 43.4 Å². The fourth-order valence-corrected chi connectivity index (χ4v) is 3.81. The molecule has 0 aromatic carbocycles. The molecule has 1 aromatic rings. The van der Waals surface area contributed by atoms with E-state index in [2.05, 4.69) is 21.9 Å². The molecule has 4 nitrogen and oxygen atoms in total. The van der Waals surface area contributed by atoms with Crippen molar-refractivity contribution in [2.45, 2.75) is 52.0 Å². The minimum atomic E-state index is 0.634. The van der Waals surface area contributed by atoms with Crippen molar-refractivity contribution in [3.63, 3.8) is 0 Å². The molecule has 94 valence electrons. The van der Waals surface area contributed by atoms with Crippen LogP contribution in [0, 0.1) is 17.8 Å². The van der Waals surface area contributed by atoms with Crippen molar-refractivity contribution in [1.82, 2.24) is 15.0 Å². The third-order valence-corrected chi connectivity index (χ3v) is 4.65. The Morgan fingerprint density at radius 2 is 2.24 bits per heavy atom. The number of hydrogen-bond donors (Lipinski definition) is 1. The van der Waals surface area contributed by atoms with E-state index < -0.39 is 0 Å². The summed E-state index contributed by atoms with van der Waals surface area (Å²) in [5.41, 5.74) is 7.03. The summed E-state index contributed by atoms with van der Waals surface area (Å²) in [5, 5.41) is 8.25. The lowest BCUT2D eigenvalue weighted by Gasteiger charge is -2.21. The monoisotopic (exact) mass is 234 g/mol. The lowest BCUT2D eigenvalue weighted by atomic mass is 9.89. The molecular weight excluding hydrogens is 212 g/mol. The highest BCUT2D eigenvalue weighted by atomic mass is 15.4. The summed E-state index contributed by atoms with van der Waals surface area (Å²) >= 11 is 0. The van der Waals surface area contributed by atoms with Crippen LogP contribution in [0.3, 0.4) is 0 Å². The molecule has 0 aliphatic heterocycles. The average molecular weight is 234 g/mol. The lowest BCUT2D eigenvalue weighted by Crippen LogP contribution is -2.19. The van der Waals surface area contributed by atoms with Crippen molar-refractivity contribution in [2.75, 3.05) is 5.73 Å². The third kappa shape index (κ3) is 1.94. The van der Waals surface area contributed by atoms with Gasteiger partial charge < -0.3 is 5.73 Å². The van der Waals surface area contributed by atoms with Crippen LogP contribution in [0.25, 0.3) is 0 Å². The number of aromatic nitrogens is 3. The fraction of sp³-hybridized carbons (Fsp3) is 0.846. The van der Waals surface area contributed by atoms with Crippen LogP contribution in [-0.2, 0) is 13.0 Å². The Morgan fingerprint density at radius 3 is 2.88 bits per heavy atom. The molecule has 3 unspecified atom stereocenters. The highest BCUT2D eigenvalue weighted by molar-refractivity contribution is 5.32. The third-order valence-electron chi connectivity index (χ3n) is 4.65. The zero-order valence-corrected chi connectivity index (χ0v) is 10.6. The fourth-order valence-electron chi connectivity index (χ4n) is 3.81. The smallest absolute Gasteiger partial charge is 0.169 e. The first-order chi connectivity index (χ1) is 8.28. The Balaban J connectivity index is 1.72. The molecule has 1 heterocycles. The molecule has 2 saturated carbocycles. The van der Waals surface area contributed by atoms with Gasteiger partial charge in [-0.25, -0.2) is 4.68 Å². The highest BCUT2D eigenvalue weighted by Gasteiger charge is 2.39. The van der Waals surface area contributed by atoms with Gasteiger partial charge in [-0.15, -0.1) is 5.10 Å². The molecule has 3 rings (SSSR count). The molecule has 3 atom stereocenters. The number of nitrogen functional groups attached to an aromatic ring is 1. The van der Waals surface area contributed by atoms with E-state index in [9.17, 15) is 0 Å². The van der Waals surface area contributed by atoms with Crippen LogP contribution in [0.4, 0.5) is 5.82 Å². The molecule has 17 heavy (non-hydrogen) atoms. The van der Waals surface area contributed by atoms with Gasteiger partial charge in [-0.1, -0.05) is 25.0 Å². The molecule has 2 bridgehead atoms. The molecule has 0 radical (unpaired) electrons. The lowest BCUT2D eigenvalue weighted by molar-refractivity contribution is 0.280. The molecule has 1 aromatic heterocycles. The van der Waals surface area contributed by atoms with Crippen molar-refractivity contribution < 1.29 is 0 Å². The maximum Gasteiger partial charge on any atom is 0.169 e. The standard InChI is InChI=1S/C13H22N4/c1-2-3-12-13(14)15-16-17(12)8-11-7-9-4-5-10(11)6-9/h9-11H,2-8,14H2,1H3. The summed E-state index contributed by atoms with van der Waals surface area (Å²) in [7, 11) is 0. The largest absolute Gasteiger partial charge is 0.381 e. The summed E-state index contributed by atoms with van der Waals surface area (Å²) in [5.74, 6) is 3.40. The SMILES string of the molecule is CCCc1c(N)nnn1CC1CC2CCC1C2. The van der Waals surface area contributed by atoms with Gasteiger partial charge in [0.1, 0.15) is 0 Å². The van der Waals surface area contributed by atoms with Crippen LogP contribution in [0.1, 0.15) is 44.7 Å². The maximum atomic E-state index is 5.88. The van der Waals surface area contributed by atoms with Gasteiger partial charge in [0.25, 0.3) is 0 Å². The maximum absolute atomic E-state index is 5.88. The molecule has 2 N–H and O–H groups in total. The van der Waals surface area contributed by atoms with E-state index in [0.29, 0.717) is 5.82 Å². The van der Waals surface area contributed by atoms with Crippen molar-refractivity contribution in [3.05, 3.63) is 5.69 Å². The first-order valence-corrected chi connectivity index (χ1v) is 6.95. The normalized spacial score (nSPS) is 31.2. The van der Waals surface area contributed by atoms with Crippen LogP contribution < -0.4 is 5.73 Å². The molecule has 2 fully saturated rings. The van der Waals surface area contributed by atoms with Crippen LogP contribution in [0.2, 0.25) is 0 Å². The summed E-state index contributed by atoms with van der Waals surface area (Å²) < 4.78 is 2.07. The Morgan fingerprint density at radius 1 is 1.35 bits per heavy atom. The molecular formula is C13H22N4. The Hall–Kier alpha value is -1.06. The Bertz CT molecular complexity index is 398. The van der Waals surface area contributed by atoms with Crippen LogP contribution in [0.5, 0.6) is 0 Å². The van der Waals surface area contributed by atoms with Crippen molar-refractivity contribution in [1.29, 1.82) is 0 Å². The van der Waals surface area contributed by atoms with E-state index in [0.717, 1.165) is 42.8 Å². The summed E-state index contributed by atoms with van der Waals surface area (Å²) in [6, 6.07) is 0. The van der Waals surface area contributed by atoms with Crippen molar-refractivity contribution in [3.8, 4) is 0 Å². The number of rotatable bonds is 4. The molecule has 2 aliphatic rings. The first kappa shape index (κ1) is 11.1. The highest BCUT2D eigenvalue weighted by Crippen LogP contribution is 2.48. The minimum Gasteiger partial charge on any atom is -0.381 e. The van der Waals surface area contributed by atoms with E-state index in [4.69, 9.17) is 5.73 Å². The number of nitrogens with two attached hydrogens (primary N) is 1. The predicted molar refractivity (Wildman–Crippen MR) is 67.4 cm³/mol. The second-order valence-corrected chi connectivity index (χ2v) is 5.79. The molecule has 4 heteroatoms.